The summed E-state index contributed by atoms with van der Waals surface area (Å²) in [6.45, 7) is 5.81. The number of non-ortho nitro benzene ring substituents is 1. The van der Waals surface area contributed by atoms with Crippen molar-refractivity contribution >= 4 is 17.5 Å². The highest BCUT2D eigenvalue weighted by Gasteiger charge is 2.36. The van der Waals surface area contributed by atoms with Crippen molar-refractivity contribution in [2.24, 2.45) is 0 Å². The maximum Gasteiger partial charge on any atom is 0.338 e. The standard InChI is InChI=1S/C20H23N5O4/c1-13-11-16(29-20(26)14-3-5-15(6-4-14)25(27)28)18-17(13)19(23-12-22-18)24-9-2-7-21-8-10-24/h3-6,12-13,16,21H,2,7-11H2,1H3/t13-,16-/m1/s1. The van der Waals surface area contributed by atoms with E-state index in [1.54, 1.807) is 0 Å². The van der Waals surface area contributed by atoms with Gasteiger partial charge in [0, 0.05) is 37.3 Å². The number of esters is 1. The Hall–Kier alpha value is -3.07. The molecule has 2 heterocycles. The number of fused-ring (bicyclic) bond motifs is 1. The number of nitro groups is 1. The Kier molecular flexibility index (Phi) is 5.39. The van der Waals surface area contributed by atoms with Crippen LogP contribution in [0.1, 0.15) is 53.4 Å². The van der Waals surface area contributed by atoms with Crippen LogP contribution in [0.4, 0.5) is 11.5 Å². The van der Waals surface area contributed by atoms with Gasteiger partial charge in [-0.05, 0) is 37.4 Å². The molecule has 152 valence electrons. The van der Waals surface area contributed by atoms with Gasteiger partial charge in [-0.3, -0.25) is 10.1 Å². The molecule has 4 rings (SSSR count). The van der Waals surface area contributed by atoms with E-state index in [1.165, 1.54) is 30.6 Å². The Morgan fingerprint density at radius 2 is 2.03 bits per heavy atom. The van der Waals surface area contributed by atoms with Crippen LogP contribution in [0.5, 0.6) is 0 Å². The number of carbonyl (C=O) groups is 1. The lowest BCUT2D eigenvalue weighted by Crippen LogP contribution is -2.30. The zero-order valence-corrected chi connectivity index (χ0v) is 16.2. The van der Waals surface area contributed by atoms with Crippen molar-refractivity contribution < 1.29 is 14.5 Å². The number of hydrogen-bond donors (Lipinski definition) is 1. The quantitative estimate of drug-likeness (QED) is 0.476. The predicted octanol–water partition coefficient (Wildman–Crippen LogP) is 2.59. The van der Waals surface area contributed by atoms with Crippen LogP contribution in [0.25, 0.3) is 0 Å². The van der Waals surface area contributed by atoms with Gasteiger partial charge in [0.25, 0.3) is 5.69 Å². The van der Waals surface area contributed by atoms with Gasteiger partial charge in [-0.15, -0.1) is 0 Å². The molecule has 1 saturated heterocycles. The first-order chi connectivity index (χ1) is 14.0. The molecule has 2 aliphatic rings. The lowest BCUT2D eigenvalue weighted by Gasteiger charge is -2.24. The number of nitro benzene ring substituents is 1. The van der Waals surface area contributed by atoms with E-state index in [-0.39, 0.29) is 17.2 Å². The molecule has 1 aliphatic carbocycles. The molecule has 0 amide bonds. The van der Waals surface area contributed by atoms with Gasteiger partial charge in [-0.1, -0.05) is 6.92 Å². The topological polar surface area (TPSA) is 110 Å². The molecule has 0 saturated carbocycles. The Morgan fingerprint density at radius 1 is 1.24 bits per heavy atom. The van der Waals surface area contributed by atoms with Crippen molar-refractivity contribution in [1.82, 2.24) is 15.3 Å². The molecule has 29 heavy (non-hydrogen) atoms. The summed E-state index contributed by atoms with van der Waals surface area (Å²) in [7, 11) is 0. The average Bonchev–Trinajstić information content (AvgIpc) is 2.90. The molecule has 1 aromatic heterocycles. The van der Waals surface area contributed by atoms with Crippen molar-refractivity contribution in [3.05, 3.63) is 57.5 Å². The Morgan fingerprint density at radius 3 is 2.79 bits per heavy atom. The minimum Gasteiger partial charge on any atom is -0.452 e. The van der Waals surface area contributed by atoms with Gasteiger partial charge in [0.2, 0.25) is 0 Å². The van der Waals surface area contributed by atoms with Crippen LogP contribution < -0.4 is 10.2 Å². The van der Waals surface area contributed by atoms with E-state index in [1.807, 2.05) is 0 Å². The molecular formula is C20H23N5O4. The second kappa shape index (κ2) is 8.12. The van der Waals surface area contributed by atoms with Gasteiger partial charge in [-0.25, -0.2) is 14.8 Å². The monoisotopic (exact) mass is 397 g/mol. The summed E-state index contributed by atoms with van der Waals surface area (Å²) < 4.78 is 5.73. The summed E-state index contributed by atoms with van der Waals surface area (Å²) in [5.74, 6) is 0.594. The maximum absolute atomic E-state index is 12.6. The highest BCUT2D eigenvalue weighted by atomic mass is 16.6. The van der Waals surface area contributed by atoms with E-state index < -0.39 is 17.0 Å². The zero-order chi connectivity index (χ0) is 20.4. The summed E-state index contributed by atoms with van der Waals surface area (Å²) in [5, 5.41) is 14.2. The molecular weight excluding hydrogens is 374 g/mol. The number of carbonyl (C=O) groups excluding carboxylic acids is 1. The first-order valence-electron chi connectivity index (χ1n) is 9.80. The van der Waals surface area contributed by atoms with E-state index in [2.05, 4.69) is 27.1 Å². The van der Waals surface area contributed by atoms with Crippen molar-refractivity contribution in [3.63, 3.8) is 0 Å². The van der Waals surface area contributed by atoms with Crippen LogP contribution in [0.2, 0.25) is 0 Å². The van der Waals surface area contributed by atoms with Gasteiger partial charge in [-0.2, -0.15) is 0 Å². The van der Waals surface area contributed by atoms with Crippen molar-refractivity contribution in [2.45, 2.75) is 31.8 Å². The van der Waals surface area contributed by atoms with Gasteiger partial charge in [0.05, 0.1) is 16.2 Å². The molecule has 0 bridgehead atoms. The Balaban J connectivity index is 1.55. The number of hydrogen-bond acceptors (Lipinski definition) is 8. The van der Waals surface area contributed by atoms with E-state index >= 15 is 0 Å². The molecule has 9 nitrogen and oxygen atoms in total. The predicted molar refractivity (Wildman–Crippen MR) is 106 cm³/mol. The maximum atomic E-state index is 12.6. The lowest BCUT2D eigenvalue weighted by molar-refractivity contribution is -0.384. The van der Waals surface area contributed by atoms with Crippen LogP contribution in [-0.4, -0.2) is 47.0 Å². The van der Waals surface area contributed by atoms with E-state index in [0.717, 1.165) is 49.7 Å². The van der Waals surface area contributed by atoms with Crippen LogP contribution in [0.15, 0.2) is 30.6 Å². The molecule has 1 fully saturated rings. The van der Waals surface area contributed by atoms with Crippen LogP contribution in [0.3, 0.4) is 0 Å². The zero-order valence-electron chi connectivity index (χ0n) is 16.2. The molecule has 1 aromatic carbocycles. The molecule has 0 spiro atoms. The van der Waals surface area contributed by atoms with E-state index in [0.29, 0.717) is 6.42 Å². The summed E-state index contributed by atoms with van der Waals surface area (Å²) in [4.78, 5) is 34.1. The number of nitrogens with one attached hydrogen (secondary N) is 1. The third kappa shape index (κ3) is 3.91. The minimum atomic E-state index is -0.510. The molecule has 0 radical (unpaired) electrons. The molecule has 2 atom stereocenters. The van der Waals surface area contributed by atoms with Crippen molar-refractivity contribution in [3.8, 4) is 0 Å². The average molecular weight is 397 g/mol. The second-order valence-corrected chi connectivity index (χ2v) is 7.42. The normalized spacial score (nSPS) is 21.3. The first kappa shape index (κ1) is 19.3. The fourth-order valence-electron chi connectivity index (χ4n) is 4.01. The molecule has 2 aromatic rings. The minimum absolute atomic E-state index is 0.0642. The van der Waals surface area contributed by atoms with Crippen molar-refractivity contribution in [1.29, 1.82) is 0 Å². The fraction of sp³-hybridized carbons (Fsp3) is 0.450. The highest BCUT2D eigenvalue weighted by Crippen LogP contribution is 2.45. The third-order valence-electron chi connectivity index (χ3n) is 5.46. The molecule has 1 N–H and O–H groups in total. The van der Waals surface area contributed by atoms with Crippen molar-refractivity contribution in [2.75, 3.05) is 31.1 Å². The van der Waals surface area contributed by atoms with Crippen LogP contribution in [0, 0.1) is 10.1 Å². The molecule has 9 heteroatoms. The summed E-state index contributed by atoms with van der Waals surface area (Å²) in [6, 6.07) is 5.43. The number of rotatable bonds is 4. The number of ether oxygens (including phenoxy) is 1. The summed E-state index contributed by atoms with van der Waals surface area (Å²) in [5.41, 5.74) is 2.03. The summed E-state index contributed by atoms with van der Waals surface area (Å²) >= 11 is 0. The smallest absolute Gasteiger partial charge is 0.338 e. The van der Waals surface area contributed by atoms with Gasteiger partial charge in [0.15, 0.2) is 0 Å². The third-order valence-corrected chi connectivity index (χ3v) is 5.46. The van der Waals surface area contributed by atoms with Crippen LogP contribution in [-0.2, 0) is 4.74 Å². The van der Waals surface area contributed by atoms with Gasteiger partial charge >= 0.3 is 5.97 Å². The lowest BCUT2D eigenvalue weighted by atomic mass is 10.1. The first-order valence-corrected chi connectivity index (χ1v) is 9.80. The molecule has 1 aliphatic heterocycles. The highest BCUT2D eigenvalue weighted by molar-refractivity contribution is 5.89. The fourth-order valence-corrected chi connectivity index (χ4v) is 4.01. The number of nitrogens with zero attached hydrogens (tertiary/aromatic N) is 4. The van der Waals surface area contributed by atoms with Gasteiger partial charge in [0.1, 0.15) is 18.2 Å². The summed E-state index contributed by atoms with van der Waals surface area (Å²) in [6.07, 6.45) is 2.78. The number of anilines is 1. The second-order valence-electron chi connectivity index (χ2n) is 7.42. The molecule has 0 unspecified atom stereocenters. The Labute approximate surface area is 168 Å². The number of benzene rings is 1. The van der Waals surface area contributed by atoms with E-state index in [4.69, 9.17) is 4.74 Å². The number of aromatic nitrogens is 2. The van der Waals surface area contributed by atoms with E-state index in [9.17, 15) is 14.9 Å². The van der Waals surface area contributed by atoms with Gasteiger partial charge < -0.3 is 15.0 Å². The van der Waals surface area contributed by atoms with Crippen LogP contribution >= 0.6 is 0 Å². The largest absolute Gasteiger partial charge is 0.452 e. The SMILES string of the molecule is C[C@@H]1C[C@@H](OC(=O)c2ccc([N+](=O)[O-])cc2)c2ncnc(N3CCCNCC3)c21. The Bertz CT molecular complexity index is 910.